The van der Waals surface area contributed by atoms with Crippen molar-refractivity contribution in [3.63, 3.8) is 0 Å². The minimum atomic E-state index is -0.745. The van der Waals surface area contributed by atoms with Crippen molar-refractivity contribution in [3.8, 4) is 11.3 Å². The van der Waals surface area contributed by atoms with Gasteiger partial charge in [-0.3, -0.25) is 0 Å². The maximum absolute atomic E-state index is 14.6. The number of halogens is 1. The first-order valence-corrected chi connectivity index (χ1v) is 6.44. The summed E-state index contributed by atoms with van der Waals surface area (Å²) in [5.41, 5.74) is -0.102. The number of hydrogen-bond acceptors (Lipinski definition) is 3. The maximum Gasteiger partial charge on any atom is 0.350 e. The Kier molecular flexibility index (Phi) is 2.44. The van der Waals surface area contributed by atoms with E-state index in [9.17, 15) is 9.18 Å². The van der Waals surface area contributed by atoms with Crippen LogP contribution in [0.5, 0.6) is 0 Å². The van der Waals surface area contributed by atoms with Gasteiger partial charge in [0.25, 0.3) is 0 Å². The van der Waals surface area contributed by atoms with Gasteiger partial charge in [-0.1, -0.05) is 30.3 Å². The van der Waals surface area contributed by atoms with Crippen molar-refractivity contribution in [2.75, 3.05) is 0 Å². The van der Waals surface area contributed by atoms with E-state index in [-0.39, 0.29) is 22.3 Å². The third-order valence-electron chi connectivity index (χ3n) is 3.42. The molecule has 21 heavy (non-hydrogen) atoms. The van der Waals surface area contributed by atoms with Crippen LogP contribution >= 0.6 is 0 Å². The smallest absolute Gasteiger partial charge is 0.350 e. The lowest BCUT2D eigenvalue weighted by molar-refractivity contribution is 0.533. The van der Waals surface area contributed by atoms with E-state index < -0.39 is 11.4 Å². The first-order valence-electron chi connectivity index (χ1n) is 6.44. The Labute approximate surface area is 118 Å². The van der Waals surface area contributed by atoms with Crippen molar-refractivity contribution in [2.24, 2.45) is 0 Å². The standard InChI is InChI=1S/C17H9FO3/c18-16-11-6-2-4-8-13(11)21-17(19)15(16)14-9-10-5-1-3-7-12(10)20-14/h1-9H. The average Bonchev–Trinajstić information content (AvgIpc) is 2.90. The summed E-state index contributed by atoms with van der Waals surface area (Å²) in [5, 5.41) is 1.06. The van der Waals surface area contributed by atoms with Crippen molar-refractivity contribution in [2.45, 2.75) is 0 Å². The van der Waals surface area contributed by atoms with Gasteiger partial charge in [0.1, 0.15) is 22.5 Å². The van der Waals surface area contributed by atoms with Gasteiger partial charge in [0.15, 0.2) is 5.82 Å². The van der Waals surface area contributed by atoms with Crippen LogP contribution in [0.15, 0.2) is 68.2 Å². The van der Waals surface area contributed by atoms with Crippen LogP contribution in [0.4, 0.5) is 4.39 Å². The van der Waals surface area contributed by atoms with Gasteiger partial charge in [-0.25, -0.2) is 9.18 Å². The Morgan fingerprint density at radius 2 is 1.57 bits per heavy atom. The molecule has 0 unspecified atom stereocenters. The maximum atomic E-state index is 14.6. The fourth-order valence-corrected chi connectivity index (χ4v) is 2.43. The van der Waals surface area contributed by atoms with E-state index >= 15 is 0 Å². The molecular weight excluding hydrogens is 271 g/mol. The summed E-state index contributed by atoms with van der Waals surface area (Å²) in [6.45, 7) is 0. The molecule has 0 amide bonds. The molecule has 0 fully saturated rings. The van der Waals surface area contributed by atoms with Crippen LogP contribution < -0.4 is 5.63 Å². The molecule has 0 aliphatic heterocycles. The molecule has 0 N–H and O–H groups in total. The predicted octanol–water partition coefficient (Wildman–Crippen LogP) is 4.35. The molecule has 0 aliphatic rings. The molecule has 3 nitrogen and oxygen atoms in total. The van der Waals surface area contributed by atoms with Crippen molar-refractivity contribution >= 4 is 21.9 Å². The van der Waals surface area contributed by atoms with Crippen molar-refractivity contribution in [1.29, 1.82) is 0 Å². The van der Waals surface area contributed by atoms with Crippen LogP contribution in [0.3, 0.4) is 0 Å². The Morgan fingerprint density at radius 3 is 2.38 bits per heavy atom. The summed E-state index contributed by atoms with van der Waals surface area (Å²) in [7, 11) is 0. The lowest BCUT2D eigenvalue weighted by atomic mass is 10.1. The Hall–Kier alpha value is -2.88. The molecule has 4 heteroatoms. The van der Waals surface area contributed by atoms with Gasteiger partial charge in [-0.15, -0.1) is 0 Å². The second-order valence-electron chi connectivity index (χ2n) is 4.72. The molecule has 102 valence electrons. The van der Waals surface area contributed by atoms with Crippen LogP contribution in [0, 0.1) is 5.82 Å². The molecule has 0 aliphatic carbocycles. The minimum absolute atomic E-state index is 0.174. The zero-order chi connectivity index (χ0) is 14.4. The van der Waals surface area contributed by atoms with E-state index in [0.29, 0.717) is 5.58 Å². The third-order valence-corrected chi connectivity index (χ3v) is 3.42. The Morgan fingerprint density at radius 1 is 0.857 bits per heavy atom. The topological polar surface area (TPSA) is 43.4 Å². The summed E-state index contributed by atoms with van der Waals surface area (Å²) >= 11 is 0. The van der Waals surface area contributed by atoms with E-state index in [2.05, 4.69) is 0 Å². The van der Waals surface area contributed by atoms with Gasteiger partial charge in [-0.05, 0) is 24.3 Å². The highest BCUT2D eigenvalue weighted by molar-refractivity contribution is 5.86. The number of benzene rings is 2. The SMILES string of the molecule is O=c1oc2ccccc2c(F)c1-c1cc2ccccc2o1. The van der Waals surface area contributed by atoms with E-state index in [1.165, 1.54) is 0 Å². The second-order valence-corrected chi connectivity index (χ2v) is 4.72. The van der Waals surface area contributed by atoms with Crippen LogP contribution in [0.1, 0.15) is 0 Å². The number of hydrogen-bond donors (Lipinski definition) is 0. The first-order chi connectivity index (χ1) is 10.2. The first kappa shape index (κ1) is 11.9. The van der Waals surface area contributed by atoms with E-state index in [4.69, 9.17) is 8.83 Å². The summed E-state index contributed by atoms with van der Waals surface area (Å²) in [6, 6.07) is 15.4. The van der Waals surface area contributed by atoms with E-state index in [0.717, 1.165) is 5.39 Å². The molecule has 2 heterocycles. The monoisotopic (exact) mass is 280 g/mol. The zero-order valence-electron chi connectivity index (χ0n) is 10.8. The van der Waals surface area contributed by atoms with Crippen molar-refractivity contribution in [1.82, 2.24) is 0 Å². The van der Waals surface area contributed by atoms with Gasteiger partial charge >= 0.3 is 5.63 Å². The largest absolute Gasteiger partial charge is 0.456 e. The molecule has 0 radical (unpaired) electrons. The lowest BCUT2D eigenvalue weighted by Crippen LogP contribution is -2.05. The van der Waals surface area contributed by atoms with Gasteiger partial charge in [0.2, 0.25) is 0 Å². The fourth-order valence-electron chi connectivity index (χ4n) is 2.43. The zero-order valence-corrected chi connectivity index (χ0v) is 10.8. The number of rotatable bonds is 1. The van der Waals surface area contributed by atoms with Gasteiger partial charge in [0, 0.05) is 5.39 Å². The van der Waals surface area contributed by atoms with E-state index in [1.54, 1.807) is 36.4 Å². The molecule has 0 saturated heterocycles. The van der Waals surface area contributed by atoms with Crippen molar-refractivity contribution in [3.05, 3.63) is 70.8 Å². The van der Waals surface area contributed by atoms with Gasteiger partial charge in [-0.2, -0.15) is 0 Å². The molecule has 0 bridgehead atoms. The molecule has 2 aromatic carbocycles. The van der Waals surface area contributed by atoms with Crippen molar-refractivity contribution < 1.29 is 13.2 Å². The molecule has 4 aromatic rings. The Balaban J connectivity index is 2.08. The Bertz CT molecular complexity index is 994. The summed E-state index contributed by atoms with van der Waals surface area (Å²) < 4.78 is 25.4. The molecule has 2 aromatic heterocycles. The normalized spacial score (nSPS) is 11.3. The van der Waals surface area contributed by atoms with Gasteiger partial charge < -0.3 is 8.83 Å². The second kappa shape index (κ2) is 4.31. The van der Waals surface area contributed by atoms with Crippen LogP contribution in [0.2, 0.25) is 0 Å². The lowest BCUT2D eigenvalue weighted by Gasteiger charge is -2.01. The summed E-state index contributed by atoms with van der Waals surface area (Å²) in [5.74, 6) is -0.450. The predicted molar refractivity (Wildman–Crippen MR) is 77.7 cm³/mol. The number of furan rings is 1. The fraction of sp³-hybridized carbons (Fsp3) is 0. The van der Waals surface area contributed by atoms with Gasteiger partial charge in [0.05, 0.1) is 5.39 Å². The highest BCUT2D eigenvalue weighted by atomic mass is 19.1. The molecule has 0 spiro atoms. The quantitative estimate of drug-likeness (QED) is 0.487. The van der Waals surface area contributed by atoms with Crippen LogP contribution in [-0.4, -0.2) is 0 Å². The third kappa shape index (κ3) is 1.76. The summed E-state index contributed by atoms with van der Waals surface area (Å²) in [6.07, 6.45) is 0. The summed E-state index contributed by atoms with van der Waals surface area (Å²) in [4.78, 5) is 12.1. The molecule has 4 rings (SSSR count). The molecule has 0 atom stereocenters. The number of para-hydroxylation sites is 2. The highest BCUT2D eigenvalue weighted by Crippen LogP contribution is 2.30. The minimum Gasteiger partial charge on any atom is -0.456 e. The average molecular weight is 280 g/mol. The highest BCUT2D eigenvalue weighted by Gasteiger charge is 2.19. The van der Waals surface area contributed by atoms with Crippen LogP contribution in [-0.2, 0) is 0 Å². The number of fused-ring (bicyclic) bond motifs is 2. The van der Waals surface area contributed by atoms with E-state index in [1.807, 2.05) is 18.2 Å². The van der Waals surface area contributed by atoms with Crippen LogP contribution in [0.25, 0.3) is 33.3 Å². The molecule has 0 saturated carbocycles. The molecular formula is C17H9FO3.